The highest BCUT2D eigenvalue weighted by Crippen LogP contribution is 2.12. The van der Waals surface area contributed by atoms with Gasteiger partial charge in [0, 0.05) is 19.5 Å². The summed E-state index contributed by atoms with van der Waals surface area (Å²) in [5.74, 6) is 0.197. The van der Waals surface area contributed by atoms with Gasteiger partial charge in [-0.05, 0) is 24.6 Å². The summed E-state index contributed by atoms with van der Waals surface area (Å²) in [7, 11) is 0. The molecule has 1 heterocycles. The van der Waals surface area contributed by atoms with E-state index in [4.69, 9.17) is 4.74 Å². The lowest BCUT2D eigenvalue weighted by Gasteiger charge is -2.31. The molecule has 0 aliphatic carbocycles. The average Bonchev–Trinajstić information content (AvgIpc) is 2.41. The van der Waals surface area contributed by atoms with Crippen LogP contribution in [-0.4, -0.2) is 43.0 Å². The molecule has 2 rings (SSSR count). The zero-order valence-electron chi connectivity index (χ0n) is 11.2. The number of ether oxygens (including phenoxy) is 1. The molecule has 98 valence electrons. The number of ketones is 1. The van der Waals surface area contributed by atoms with Crippen LogP contribution in [0.2, 0.25) is 0 Å². The van der Waals surface area contributed by atoms with Crippen LogP contribution < -0.4 is 0 Å². The molecule has 0 radical (unpaired) electrons. The van der Waals surface area contributed by atoms with Gasteiger partial charge in [0.25, 0.3) is 0 Å². The molecule has 1 aromatic rings. The van der Waals surface area contributed by atoms with Gasteiger partial charge in [0.05, 0.1) is 6.61 Å². The Balaban J connectivity index is 1.97. The van der Waals surface area contributed by atoms with Crippen LogP contribution in [0.1, 0.15) is 18.1 Å². The van der Waals surface area contributed by atoms with Gasteiger partial charge in [-0.2, -0.15) is 0 Å². The molecular formula is C15H21NO2. The second-order valence-electron chi connectivity index (χ2n) is 4.82. The molecule has 1 fully saturated rings. The van der Waals surface area contributed by atoms with E-state index in [1.54, 1.807) is 0 Å². The fourth-order valence-corrected chi connectivity index (χ4v) is 2.29. The molecular weight excluding hydrogens is 226 g/mol. The molecule has 1 aliphatic heterocycles. The number of aryl methyl sites for hydroxylation is 1. The molecule has 1 saturated heterocycles. The van der Waals surface area contributed by atoms with E-state index in [1.807, 2.05) is 31.2 Å². The lowest BCUT2D eigenvalue weighted by molar-refractivity contribution is -0.135. The van der Waals surface area contributed by atoms with Crippen LogP contribution in [0.15, 0.2) is 24.3 Å². The van der Waals surface area contributed by atoms with Crippen LogP contribution in [0.5, 0.6) is 0 Å². The summed E-state index contributed by atoms with van der Waals surface area (Å²) >= 11 is 0. The number of carbonyl (C=O) groups excluding carboxylic acids is 1. The Morgan fingerprint density at radius 3 is 2.94 bits per heavy atom. The minimum atomic E-state index is -0.252. The van der Waals surface area contributed by atoms with Crippen molar-refractivity contribution in [2.45, 2.75) is 26.4 Å². The maximum absolute atomic E-state index is 12.2. The van der Waals surface area contributed by atoms with E-state index >= 15 is 0 Å². The first-order valence-electron chi connectivity index (χ1n) is 6.62. The molecule has 1 unspecified atom stereocenters. The molecule has 3 nitrogen and oxygen atoms in total. The Morgan fingerprint density at radius 2 is 2.22 bits per heavy atom. The van der Waals surface area contributed by atoms with Gasteiger partial charge in [0.15, 0.2) is 5.78 Å². The SMILES string of the molecule is CCN1CCOC(C(=O)Cc2ccccc2C)C1. The molecule has 0 N–H and O–H groups in total. The third kappa shape index (κ3) is 3.18. The van der Waals surface area contributed by atoms with Crippen molar-refractivity contribution < 1.29 is 9.53 Å². The van der Waals surface area contributed by atoms with Gasteiger partial charge in [0.1, 0.15) is 6.10 Å². The standard InChI is InChI=1S/C15H21NO2/c1-3-16-8-9-18-15(11-16)14(17)10-13-7-5-4-6-12(13)2/h4-7,15H,3,8-11H2,1-2H3. The van der Waals surface area contributed by atoms with Gasteiger partial charge >= 0.3 is 0 Å². The van der Waals surface area contributed by atoms with E-state index < -0.39 is 0 Å². The molecule has 1 atom stereocenters. The van der Waals surface area contributed by atoms with Crippen molar-refractivity contribution in [3.8, 4) is 0 Å². The highest BCUT2D eigenvalue weighted by atomic mass is 16.5. The quantitative estimate of drug-likeness (QED) is 0.813. The summed E-state index contributed by atoms with van der Waals surface area (Å²) in [6, 6.07) is 8.05. The molecule has 0 aromatic heterocycles. The number of Topliss-reactive ketones (excluding diaryl/α,β-unsaturated/α-hetero) is 1. The zero-order valence-corrected chi connectivity index (χ0v) is 11.2. The second-order valence-corrected chi connectivity index (χ2v) is 4.82. The zero-order chi connectivity index (χ0) is 13.0. The summed E-state index contributed by atoms with van der Waals surface area (Å²) < 4.78 is 5.59. The van der Waals surface area contributed by atoms with Crippen LogP contribution in [0.3, 0.4) is 0 Å². The topological polar surface area (TPSA) is 29.5 Å². The molecule has 1 aliphatic rings. The largest absolute Gasteiger partial charge is 0.368 e. The van der Waals surface area contributed by atoms with Crippen molar-refractivity contribution in [2.75, 3.05) is 26.2 Å². The number of carbonyl (C=O) groups is 1. The number of benzene rings is 1. The summed E-state index contributed by atoms with van der Waals surface area (Å²) in [5, 5.41) is 0. The fourth-order valence-electron chi connectivity index (χ4n) is 2.29. The van der Waals surface area contributed by atoms with Crippen molar-refractivity contribution in [3.63, 3.8) is 0 Å². The predicted molar refractivity (Wildman–Crippen MR) is 71.7 cm³/mol. The van der Waals surface area contributed by atoms with E-state index in [0.717, 1.165) is 25.2 Å². The summed E-state index contributed by atoms with van der Waals surface area (Å²) in [4.78, 5) is 14.5. The Labute approximate surface area is 109 Å². The molecule has 0 amide bonds. The number of hydrogen-bond acceptors (Lipinski definition) is 3. The lowest BCUT2D eigenvalue weighted by atomic mass is 10.0. The number of rotatable bonds is 4. The molecule has 0 spiro atoms. The number of morpholine rings is 1. The maximum Gasteiger partial charge on any atom is 0.167 e. The van der Waals surface area contributed by atoms with Crippen molar-refractivity contribution in [1.82, 2.24) is 4.90 Å². The van der Waals surface area contributed by atoms with Gasteiger partial charge in [-0.3, -0.25) is 9.69 Å². The van der Waals surface area contributed by atoms with Crippen molar-refractivity contribution in [2.24, 2.45) is 0 Å². The van der Waals surface area contributed by atoms with E-state index in [1.165, 1.54) is 5.56 Å². The maximum atomic E-state index is 12.2. The first kappa shape index (κ1) is 13.2. The van der Waals surface area contributed by atoms with Gasteiger partial charge in [-0.25, -0.2) is 0 Å². The highest BCUT2D eigenvalue weighted by Gasteiger charge is 2.25. The number of hydrogen-bond donors (Lipinski definition) is 0. The van der Waals surface area contributed by atoms with Crippen LogP contribution in [0.4, 0.5) is 0 Å². The van der Waals surface area contributed by atoms with Crippen molar-refractivity contribution in [3.05, 3.63) is 35.4 Å². The average molecular weight is 247 g/mol. The first-order valence-corrected chi connectivity index (χ1v) is 6.62. The summed E-state index contributed by atoms with van der Waals surface area (Å²) in [5.41, 5.74) is 2.29. The Kier molecular flexibility index (Phi) is 4.50. The van der Waals surface area contributed by atoms with Crippen LogP contribution in [-0.2, 0) is 16.0 Å². The first-order chi connectivity index (χ1) is 8.70. The van der Waals surface area contributed by atoms with Gasteiger partial charge < -0.3 is 4.74 Å². The van der Waals surface area contributed by atoms with Gasteiger partial charge in [-0.15, -0.1) is 0 Å². The van der Waals surface area contributed by atoms with E-state index in [0.29, 0.717) is 13.0 Å². The smallest absolute Gasteiger partial charge is 0.167 e. The normalized spacial score (nSPS) is 20.9. The molecule has 1 aromatic carbocycles. The van der Waals surface area contributed by atoms with Crippen LogP contribution >= 0.6 is 0 Å². The second kappa shape index (κ2) is 6.12. The minimum absolute atomic E-state index is 0.197. The van der Waals surface area contributed by atoms with Crippen molar-refractivity contribution >= 4 is 5.78 Å². The third-order valence-corrected chi connectivity index (χ3v) is 3.58. The highest BCUT2D eigenvalue weighted by molar-refractivity contribution is 5.85. The lowest BCUT2D eigenvalue weighted by Crippen LogP contribution is -2.46. The fraction of sp³-hybridized carbons (Fsp3) is 0.533. The van der Waals surface area contributed by atoms with Gasteiger partial charge in [0.2, 0.25) is 0 Å². The monoisotopic (exact) mass is 247 g/mol. The van der Waals surface area contributed by atoms with E-state index in [-0.39, 0.29) is 11.9 Å². The molecule has 18 heavy (non-hydrogen) atoms. The minimum Gasteiger partial charge on any atom is -0.368 e. The predicted octanol–water partition coefficient (Wildman–Crippen LogP) is 1.83. The number of likely N-dealkylation sites (N-methyl/N-ethyl adjacent to an activating group) is 1. The van der Waals surface area contributed by atoms with E-state index in [9.17, 15) is 4.79 Å². The molecule has 3 heteroatoms. The Morgan fingerprint density at radius 1 is 1.44 bits per heavy atom. The van der Waals surface area contributed by atoms with Gasteiger partial charge in [-0.1, -0.05) is 31.2 Å². The van der Waals surface area contributed by atoms with Crippen LogP contribution in [0.25, 0.3) is 0 Å². The summed E-state index contributed by atoms with van der Waals surface area (Å²) in [6.45, 7) is 7.48. The third-order valence-electron chi connectivity index (χ3n) is 3.58. The van der Waals surface area contributed by atoms with E-state index in [2.05, 4.69) is 11.8 Å². The molecule has 0 bridgehead atoms. The van der Waals surface area contributed by atoms with Crippen molar-refractivity contribution in [1.29, 1.82) is 0 Å². The van der Waals surface area contributed by atoms with Crippen LogP contribution in [0, 0.1) is 6.92 Å². The molecule has 0 saturated carbocycles. The Bertz CT molecular complexity index is 417. The Hall–Kier alpha value is -1.19. The summed E-state index contributed by atoms with van der Waals surface area (Å²) in [6.07, 6.45) is 0.229. The number of nitrogens with zero attached hydrogens (tertiary/aromatic N) is 1.